The Morgan fingerprint density at radius 1 is 1.56 bits per heavy atom. The molecule has 0 aliphatic heterocycles. The van der Waals surface area contributed by atoms with Crippen LogP contribution in [0.5, 0.6) is 0 Å². The third-order valence-electron chi connectivity index (χ3n) is 2.12. The Morgan fingerprint density at radius 2 is 2.22 bits per heavy atom. The molecule has 1 rings (SSSR count). The van der Waals surface area contributed by atoms with Crippen molar-refractivity contribution < 1.29 is 23.8 Å². The first-order chi connectivity index (χ1) is 8.47. The van der Waals surface area contributed by atoms with E-state index in [1.807, 2.05) is 0 Å². The van der Waals surface area contributed by atoms with Gasteiger partial charge in [0.1, 0.15) is 5.82 Å². The normalized spacial score (nSPS) is 11.8. The Labute approximate surface area is 111 Å². The molecule has 0 heterocycles. The van der Waals surface area contributed by atoms with E-state index in [1.165, 1.54) is 12.1 Å². The minimum atomic E-state index is -1.48. The maximum absolute atomic E-state index is 13.4. The second kappa shape index (κ2) is 6.46. The third-order valence-corrected chi connectivity index (χ3v) is 2.78. The number of carbonyl (C=O) groups excluding carboxylic acids is 2. The zero-order valence-electron chi connectivity index (χ0n) is 9.44. The minimum Gasteiger partial charge on any atom is -0.467 e. The lowest BCUT2D eigenvalue weighted by Gasteiger charge is -2.11. The number of amides is 1. The van der Waals surface area contributed by atoms with E-state index in [4.69, 9.17) is 0 Å². The summed E-state index contributed by atoms with van der Waals surface area (Å²) in [7, 11) is 1.11. The summed E-state index contributed by atoms with van der Waals surface area (Å²) in [4.78, 5) is 22.5. The average Bonchev–Trinajstić information content (AvgIpc) is 2.34. The largest absolute Gasteiger partial charge is 0.467 e. The Bertz CT molecular complexity index is 446. The second-order valence-corrected chi connectivity index (χ2v) is 4.20. The first-order valence-corrected chi connectivity index (χ1v) is 5.74. The number of ether oxygens (including phenoxy) is 1. The molecule has 0 spiro atoms. The number of methoxy groups -OCH3 is 1. The van der Waals surface area contributed by atoms with Crippen LogP contribution in [0.3, 0.4) is 0 Å². The van der Waals surface area contributed by atoms with Crippen molar-refractivity contribution in [1.29, 1.82) is 0 Å². The zero-order valence-corrected chi connectivity index (χ0v) is 11.0. The van der Waals surface area contributed by atoms with Gasteiger partial charge in [-0.1, -0.05) is 6.07 Å². The van der Waals surface area contributed by atoms with Gasteiger partial charge in [-0.2, -0.15) is 0 Å². The lowest BCUT2D eigenvalue weighted by molar-refractivity contribution is -0.149. The van der Waals surface area contributed by atoms with Gasteiger partial charge in [-0.05, 0) is 28.1 Å². The fraction of sp³-hybridized carbons (Fsp3) is 0.273. The van der Waals surface area contributed by atoms with Gasteiger partial charge in [0, 0.05) is 4.47 Å². The minimum absolute atomic E-state index is 0.186. The van der Waals surface area contributed by atoms with Gasteiger partial charge in [0.15, 0.2) is 6.10 Å². The Kier molecular flexibility index (Phi) is 5.24. The number of aliphatic hydroxyl groups excluding tert-OH is 1. The molecule has 0 radical (unpaired) electrons. The Morgan fingerprint density at radius 3 is 2.78 bits per heavy atom. The van der Waals surface area contributed by atoms with E-state index in [0.717, 1.165) is 13.2 Å². The number of benzene rings is 1. The molecule has 5 nitrogen and oxygen atoms in total. The number of hydrogen-bond acceptors (Lipinski definition) is 4. The van der Waals surface area contributed by atoms with Crippen LogP contribution < -0.4 is 5.32 Å². The SMILES string of the molecule is COC(=O)C(O)CNC(=O)c1c(F)cccc1Br. The van der Waals surface area contributed by atoms with Gasteiger partial charge >= 0.3 is 5.97 Å². The fourth-order valence-corrected chi connectivity index (χ4v) is 1.73. The summed E-state index contributed by atoms with van der Waals surface area (Å²) in [5.41, 5.74) is -0.186. The maximum Gasteiger partial charge on any atom is 0.336 e. The molecule has 1 amide bonds. The summed E-state index contributed by atoms with van der Waals surface area (Å²) in [6.45, 7) is -0.355. The maximum atomic E-state index is 13.4. The monoisotopic (exact) mass is 319 g/mol. The predicted molar refractivity (Wildman–Crippen MR) is 64.5 cm³/mol. The van der Waals surface area contributed by atoms with Crippen LogP contribution in [0.1, 0.15) is 10.4 Å². The van der Waals surface area contributed by atoms with E-state index >= 15 is 0 Å². The molecule has 98 valence electrons. The molecule has 1 aromatic rings. The molecule has 7 heteroatoms. The first kappa shape index (κ1) is 14.6. The van der Waals surface area contributed by atoms with E-state index in [9.17, 15) is 19.1 Å². The topological polar surface area (TPSA) is 75.6 Å². The summed E-state index contributed by atoms with van der Waals surface area (Å²) in [5.74, 6) is -2.31. The number of aliphatic hydroxyl groups is 1. The van der Waals surface area contributed by atoms with Crippen molar-refractivity contribution in [1.82, 2.24) is 5.32 Å². The predicted octanol–water partition coefficient (Wildman–Crippen LogP) is 0.852. The smallest absolute Gasteiger partial charge is 0.336 e. The highest BCUT2D eigenvalue weighted by atomic mass is 79.9. The van der Waals surface area contributed by atoms with E-state index < -0.39 is 23.8 Å². The molecule has 1 unspecified atom stereocenters. The fourth-order valence-electron chi connectivity index (χ4n) is 1.21. The van der Waals surface area contributed by atoms with Crippen molar-refractivity contribution in [2.24, 2.45) is 0 Å². The van der Waals surface area contributed by atoms with E-state index in [2.05, 4.69) is 26.0 Å². The summed E-state index contributed by atoms with van der Waals surface area (Å²) in [6, 6.07) is 4.09. The molecular formula is C11H11BrFNO4. The lowest BCUT2D eigenvalue weighted by Crippen LogP contribution is -2.37. The van der Waals surface area contributed by atoms with Gasteiger partial charge in [0.2, 0.25) is 0 Å². The van der Waals surface area contributed by atoms with E-state index in [-0.39, 0.29) is 16.6 Å². The molecule has 0 saturated carbocycles. The van der Waals surface area contributed by atoms with Crippen LogP contribution in [-0.4, -0.2) is 36.7 Å². The number of halogens is 2. The quantitative estimate of drug-likeness (QED) is 0.807. The van der Waals surface area contributed by atoms with E-state index in [0.29, 0.717) is 0 Å². The number of rotatable bonds is 4. The van der Waals surface area contributed by atoms with Crippen LogP contribution in [0.2, 0.25) is 0 Å². The van der Waals surface area contributed by atoms with Crippen LogP contribution in [0.4, 0.5) is 4.39 Å². The molecule has 0 aliphatic rings. The van der Waals surface area contributed by atoms with Crippen LogP contribution in [0.15, 0.2) is 22.7 Å². The number of hydrogen-bond donors (Lipinski definition) is 2. The van der Waals surface area contributed by atoms with Crippen LogP contribution in [-0.2, 0) is 9.53 Å². The summed E-state index contributed by atoms with van der Waals surface area (Å²) in [5, 5.41) is 11.5. The average molecular weight is 320 g/mol. The van der Waals surface area contributed by atoms with Gasteiger partial charge in [-0.25, -0.2) is 9.18 Å². The van der Waals surface area contributed by atoms with Crippen molar-refractivity contribution in [3.63, 3.8) is 0 Å². The summed E-state index contributed by atoms with van der Waals surface area (Å²) < 4.78 is 18.0. The van der Waals surface area contributed by atoms with Crippen molar-refractivity contribution in [2.45, 2.75) is 6.10 Å². The molecule has 18 heavy (non-hydrogen) atoms. The number of nitrogens with one attached hydrogen (secondary N) is 1. The highest BCUT2D eigenvalue weighted by molar-refractivity contribution is 9.10. The number of esters is 1. The van der Waals surface area contributed by atoms with Crippen molar-refractivity contribution in [2.75, 3.05) is 13.7 Å². The highest BCUT2D eigenvalue weighted by Gasteiger charge is 2.19. The number of carbonyl (C=O) groups is 2. The lowest BCUT2D eigenvalue weighted by atomic mass is 10.2. The molecule has 1 aromatic carbocycles. The standard InChI is InChI=1S/C11H11BrFNO4/c1-18-11(17)8(15)5-14-10(16)9-6(12)3-2-4-7(9)13/h2-4,8,15H,5H2,1H3,(H,14,16). The van der Waals surface area contributed by atoms with Crippen molar-refractivity contribution in [3.05, 3.63) is 34.1 Å². The van der Waals surface area contributed by atoms with Gasteiger partial charge in [0.25, 0.3) is 5.91 Å². The van der Waals surface area contributed by atoms with Crippen LogP contribution in [0, 0.1) is 5.82 Å². The van der Waals surface area contributed by atoms with Crippen molar-refractivity contribution >= 4 is 27.8 Å². The molecule has 0 saturated heterocycles. The van der Waals surface area contributed by atoms with Gasteiger partial charge in [-0.3, -0.25) is 4.79 Å². The molecule has 0 aliphatic carbocycles. The summed E-state index contributed by atoms with van der Waals surface area (Å²) >= 11 is 3.04. The molecular weight excluding hydrogens is 309 g/mol. The second-order valence-electron chi connectivity index (χ2n) is 3.35. The summed E-state index contributed by atoms with van der Waals surface area (Å²) in [6.07, 6.45) is -1.48. The zero-order chi connectivity index (χ0) is 13.7. The Balaban J connectivity index is 2.69. The Hall–Kier alpha value is -1.47. The molecule has 1 atom stereocenters. The molecule has 0 aromatic heterocycles. The first-order valence-electron chi connectivity index (χ1n) is 4.95. The van der Waals surface area contributed by atoms with Crippen LogP contribution >= 0.6 is 15.9 Å². The van der Waals surface area contributed by atoms with Crippen LogP contribution in [0.25, 0.3) is 0 Å². The van der Waals surface area contributed by atoms with Crippen molar-refractivity contribution in [3.8, 4) is 0 Å². The van der Waals surface area contributed by atoms with E-state index in [1.54, 1.807) is 0 Å². The van der Waals surface area contributed by atoms with Gasteiger partial charge in [-0.15, -0.1) is 0 Å². The third kappa shape index (κ3) is 3.51. The molecule has 0 bridgehead atoms. The van der Waals surface area contributed by atoms with Gasteiger partial charge in [0.05, 0.1) is 19.2 Å². The highest BCUT2D eigenvalue weighted by Crippen LogP contribution is 2.19. The molecule has 0 fully saturated rings. The molecule has 2 N–H and O–H groups in total. The van der Waals surface area contributed by atoms with Gasteiger partial charge < -0.3 is 15.2 Å².